The number of morpholine rings is 1. The Bertz CT molecular complexity index is 786. The molecule has 7 heteroatoms. The van der Waals surface area contributed by atoms with Crippen LogP contribution >= 0.6 is 0 Å². The zero-order chi connectivity index (χ0) is 19.9. The van der Waals surface area contributed by atoms with Crippen molar-refractivity contribution in [1.82, 2.24) is 15.1 Å². The van der Waals surface area contributed by atoms with E-state index in [1.807, 2.05) is 37.1 Å². The normalized spacial score (nSPS) is 16.8. The molecule has 2 aromatic rings. The maximum Gasteiger partial charge on any atom is 0.193 e. The van der Waals surface area contributed by atoms with Crippen molar-refractivity contribution in [3.8, 4) is 0 Å². The molecule has 28 heavy (non-hydrogen) atoms. The van der Waals surface area contributed by atoms with Crippen LogP contribution in [0.5, 0.6) is 0 Å². The molecule has 2 heterocycles. The Hall–Kier alpha value is -2.38. The zero-order valence-electron chi connectivity index (χ0n) is 16.8. The number of nitrogens with zero attached hydrogens (tertiary/aromatic N) is 3. The topological polar surface area (TPSA) is 53.2 Å². The molecule has 1 aliphatic heterocycles. The van der Waals surface area contributed by atoms with E-state index >= 15 is 0 Å². The number of guanidine groups is 1. The van der Waals surface area contributed by atoms with Crippen LogP contribution < -0.4 is 5.32 Å². The molecule has 6 nitrogen and oxygen atoms in total. The van der Waals surface area contributed by atoms with Crippen LogP contribution in [0.2, 0.25) is 0 Å². The summed E-state index contributed by atoms with van der Waals surface area (Å²) >= 11 is 0. The Balaban J connectivity index is 1.66. The minimum atomic E-state index is -0.227. The minimum absolute atomic E-state index is 0.0944. The van der Waals surface area contributed by atoms with Gasteiger partial charge in [-0.05, 0) is 36.8 Å². The van der Waals surface area contributed by atoms with Crippen LogP contribution in [0, 0.1) is 12.7 Å². The van der Waals surface area contributed by atoms with Crippen molar-refractivity contribution in [3.63, 3.8) is 0 Å². The smallest absolute Gasteiger partial charge is 0.193 e. The minimum Gasteiger partial charge on any atom is -0.465 e. The summed E-state index contributed by atoms with van der Waals surface area (Å²) in [4.78, 5) is 8.74. The summed E-state index contributed by atoms with van der Waals surface area (Å²) in [6.45, 7) is 6.37. The fourth-order valence-corrected chi connectivity index (χ4v) is 3.49. The van der Waals surface area contributed by atoms with Crippen LogP contribution in [0.25, 0.3) is 0 Å². The highest BCUT2D eigenvalue weighted by molar-refractivity contribution is 5.79. The number of aliphatic imine (C=N–C) groups is 1. The van der Waals surface area contributed by atoms with Crippen molar-refractivity contribution >= 4 is 5.96 Å². The van der Waals surface area contributed by atoms with Gasteiger partial charge in [-0.2, -0.15) is 0 Å². The Morgan fingerprint density at radius 2 is 2.07 bits per heavy atom. The molecule has 1 unspecified atom stereocenters. The summed E-state index contributed by atoms with van der Waals surface area (Å²) in [5.41, 5.74) is 0.900. The van der Waals surface area contributed by atoms with Gasteiger partial charge in [0, 0.05) is 40.3 Å². The molecule has 0 saturated carbocycles. The summed E-state index contributed by atoms with van der Waals surface area (Å²) in [6.07, 6.45) is 0. The maximum atomic E-state index is 13.5. The third-order valence-electron chi connectivity index (χ3n) is 4.91. The molecule has 1 aromatic heterocycles. The van der Waals surface area contributed by atoms with Crippen LogP contribution in [0.1, 0.15) is 23.1 Å². The van der Waals surface area contributed by atoms with Crippen molar-refractivity contribution in [2.24, 2.45) is 4.99 Å². The van der Waals surface area contributed by atoms with Crippen LogP contribution in [0.3, 0.4) is 0 Å². The van der Waals surface area contributed by atoms with E-state index in [0.717, 1.165) is 49.3 Å². The first-order chi connectivity index (χ1) is 13.6. The SMILES string of the molecule is CN=C(NCC(c1ccc(C)o1)N1CCOCC1)N(C)Cc1cccc(F)c1. The van der Waals surface area contributed by atoms with E-state index in [1.165, 1.54) is 6.07 Å². The van der Waals surface area contributed by atoms with Crippen LogP contribution in [0.4, 0.5) is 4.39 Å². The third kappa shape index (κ3) is 5.33. The molecule has 0 bridgehead atoms. The maximum absolute atomic E-state index is 13.5. The van der Waals surface area contributed by atoms with Gasteiger partial charge < -0.3 is 19.4 Å². The van der Waals surface area contributed by atoms with E-state index in [0.29, 0.717) is 13.1 Å². The fourth-order valence-electron chi connectivity index (χ4n) is 3.49. The first kappa shape index (κ1) is 20.4. The van der Waals surface area contributed by atoms with E-state index in [4.69, 9.17) is 9.15 Å². The summed E-state index contributed by atoms with van der Waals surface area (Å²) in [6, 6.07) is 10.8. The van der Waals surface area contributed by atoms with Gasteiger partial charge in [-0.3, -0.25) is 9.89 Å². The van der Waals surface area contributed by atoms with E-state index in [2.05, 4.69) is 15.2 Å². The number of hydrogen-bond donors (Lipinski definition) is 1. The second-order valence-electron chi connectivity index (χ2n) is 7.03. The van der Waals surface area contributed by atoms with Gasteiger partial charge in [0.1, 0.15) is 17.3 Å². The Kier molecular flexibility index (Phi) is 7.06. The fraction of sp³-hybridized carbons (Fsp3) is 0.476. The standard InChI is InChI=1S/C21H29FN4O2/c1-16-7-8-20(28-16)19(26-9-11-27-12-10-26)14-24-21(23-2)25(3)15-17-5-4-6-18(22)13-17/h4-8,13,19H,9-12,14-15H2,1-3H3,(H,23,24). The average Bonchev–Trinajstić information content (AvgIpc) is 3.12. The zero-order valence-corrected chi connectivity index (χ0v) is 16.8. The van der Waals surface area contributed by atoms with E-state index in [1.54, 1.807) is 19.2 Å². The summed E-state index contributed by atoms with van der Waals surface area (Å²) in [7, 11) is 3.70. The number of rotatable bonds is 6. The van der Waals surface area contributed by atoms with Crippen molar-refractivity contribution in [3.05, 3.63) is 59.3 Å². The molecule has 0 aliphatic carbocycles. The van der Waals surface area contributed by atoms with Gasteiger partial charge in [-0.15, -0.1) is 0 Å². The van der Waals surface area contributed by atoms with Gasteiger partial charge in [-0.25, -0.2) is 4.39 Å². The molecule has 1 saturated heterocycles. The highest BCUT2D eigenvalue weighted by Gasteiger charge is 2.25. The number of hydrogen-bond acceptors (Lipinski definition) is 4. The number of ether oxygens (including phenoxy) is 1. The van der Waals surface area contributed by atoms with Crippen molar-refractivity contribution < 1.29 is 13.5 Å². The molecule has 0 amide bonds. The first-order valence-corrected chi connectivity index (χ1v) is 9.61. The Morgan fingerprint density at radius 1 is 1.29 bits per heavy atom. The van der Waals surface area contributed by atoms with Gasteiger partial charge in [0.2, 0.25) is 0 Å². The lowest BCUT2D eigenvalue weighted by atomic mass is 10.1. The lowest BCUT2D eigenvalue weighted by Crippen LogP contribution is -2.46. The molecule has 152 valence electrons. The Labute approximate surface area is 166 Å². The molecule has 1 aromatic carbocycles. The van der Waals surface area contributed by atoms with Gasteiger partial charge in [0.25, 0.3) is 0 Å². The summed E-state index contributed by atoms with van der Waals surface area (Å²) in [5.74, 6) is 2.37. The van der Waals surface area contributed by atoms with Crippen LogP contribution in [-0.2, 0) is 11.3 Å². The monoisotopic (exact) mass is 388 g/mol. The number of furan rings is 1. The van der Waals surface area contributed by atoms with Gasteiger partial charge in [0.05, 0.1) is 19.3 Å². The first-order valence-electron chi connectivity index (χ1n) is 9.61. The predicted octanol–water partition coefficient (Wildman–Crippen LogP) is 2.81. The van der Waals surface area contributed by atoms with E-state index < -0.39 is 0 Å². The van der Waals surface area contributed by atoms with Crippen molar-refractivity contribution in [2.75, 3.05) is 46.9 Å². The van der Waals surface area contributed by atoms with Crippen LogP contribution in [0.15, 0.2) is 45.8 Å². The van der Waals surface area contributed by atoms with Gasteiger partial charge in [0.15, 0.2) is 5.96 Å². The molecule has 1 atom stereocenters. The van der Waals surface area contributed by atoms with E-state index in [9.17, 15) is 4.39 Å². The second-order valence-corrected chi connectivity index (χ2v) is 7.03. The highest BCUT2D eigenvalue weighted by Crippen LogP contribution is 2.23. The summed E-state index contributed by atoms with van der Waals surface area (Å²) in [5, 5.41) is 3.45. The van der Waals surface area contributed by atoms with Crippen molar-refractivity contribution in [1.29, 1.82) is 0 Å². The molecular weight excluding hydrogens is 359 g/mol. The molecule has 0 spiro atoms. The van der Waals surface area contributed by atoms with Crippen molar-refractivity contribution in [2.45, 2.75) is 19.5 Å². The largest absolute Gasteiger partial charge is 0.465 e. The van der Waals surface area contributed by atoms with Gasteiger partial charge >= 0.3 is 0 Å². The molecule has 3 rings (SSSR count). The lowest BCUT2D eigenvalue weighted by molar-refractivity contribution is 0.0123. The number of aryl methyl sites for hydroxylation is 1. The quantitative estimate of drug-likeness (QED) is 0.609. The molecular formula is C21H29FN4O2. The molecule has 1 aliphatic rings. The van der Waals surface area contributed by atoms with Crippen LogP contribution in [-0.4, -0.2) is 62.7 Å². The highest BCUT2D eigenvalue weighted by atomic mass is 19.1. The predicted molar refractivity (Wildman–Crippen MR) is 108 cm³/mol. The van der Waals surface area contributed by atoms with E-state index in [-0.39, 0.29) is 11.9 Å². The number of benzene rings is 1. The molecule has 1 fully saturated rings. The number of halogens is 1. The lowest BCUT2D eigenvalue weighted by Gasteiger charge is -2.34. The van der Waals surface area contributed by atoms with Gasteiger partial charge in [-0.1, -0.05) is 12.1 Å². The average molecular weight is 388 g/mol. The second kappa shape index (κ2) is 9.71. The molecule has 1 N–H and O–H groups in total. The third-order valence-corrected chi connectivity index (χ3v) is 4.91. The Morgan fingerprint density at radius 3 is 2.71 bits per heavy atom. The number of nitrogens with one attached hydrogen (secondary N) is 1. The summed E-state index contributed by atoms with van der Waals surface area (Å²) < 4.78 is 24.9. The molecule has 0 radical (unpaired) electrons.